The van der Waals surface area contributed by atoms with Gasteiger partial charge >= 0.3 is 0 Å². The van der Waals surface area contributed by atoms with E-state index in [4.69, 9.17) is 4.74 Å². The number of hydrogen-bond donors (Lipinski definition) is 1. The Balaban J connectivity index is 1.83. The molecule has 2 aliphatic heterocycles. The maximum absolute atomic E-state index is 12.5. The summed E-state index contributed by atoms with van der Waals surface area (Å²) in [5.41, 5.74) is 0.237. The Bertz CT molecular complexity index is 586. The van der Waals surface area contributed by atoms with Crippen LogP contribution in [0.25, 0.3) is 0 Å². The molecule has 0 aromatic carbocycles. The van der Waals surface area contributed by atoms with Gasteiger partial charge in [-0.25, -0.2) is 4.68 Å². The molecule has 1 unspecified atom stereocenters. The minimum Gasteiger partial charge on any atom is -0.478 e. The third-order valence-corrected chi connectivity index (χ3v) is 3.65. The summed E-state index contributed by atoms with van der Waals surface area (Å²) in [5, 5.41) is 6.43. The highest BCUT2D eigenvalue weighted by molar-refractivity contribution is 6.08. The summed E-state index contributed by atoms with van der Waals surface area (Å²) in [5.74, 6) is -0.593. The Kier molecular flexibility index (Phi) is 3.36. The van der Waals surface area contributed by atoms with Gasteiger partial charge in [-0.05, 0) is 6.92 Å². The van der Waals surface area contributed by atoms with Crippen molar-refractivity contribution >= 4 is 17.7 Å². The van der Waals surface area contributed by atoms with Crippen molar-refractivity contribution in [2.45, 2.75) is 32.4 Å². The summed E-state index contributed by atoms with van der Waals surface area (Å²) in [6.07, 6.45) is 0.849. The zero-order valence-electron chi connectivity index (χ0n) is 11.7. The highest BCUT2D eigenvalue weighted by Gasteiger charge is 2.38. The monoisotopic (exact) mass is 292 g/mol. The lowest BCUT2D eigenvalue weighted by Crippen LogP contribution is -2.44. The average Bonchev–Trinajstić information content (AvgIpc) is 3.03. The number of rotatable bonds is 3. The van der Waals surface area contributed by atoms with Crippen LogP contribution in [0.4, 0.5) is 0 Å². The van der Waals surface area contributed by atoms with Crippen LogP contribution in [0.1, 0.15) is 30.3 Å². The average molecular weight is 292 g/mol. The number of hydrogen-bond acceptors (Lipinski definition) is 5. The number of aryl methyl sites for hydroxylation is 1. The van der Waals surface area contributed by atoms with Crippen molar-refractivity contribution in [2.24, 2.45) is 0 Å². The Hall–Kier alpha value is -2.38. The molecule has 0 aliphatic carbocycles. The molecule has 8 nitrogen and oxygen atoms in total. The van der Waals surface area contributed by atoms with Crippen LogP contribution in [0.2, 0.25) is 0 Å². The van der Waals surface area contributed by atoms with Crippen molar-refractivity contribution in [3.8, 4) is 5.88 Å². The van der Waals surface area contributed by atoms with Crippen LogP contribution in [-0.4, -0.2) is 51.6 Å². The first-order valence-electron chi connectivity index (χ1n) is 6.95. The van der Waals surface area contributed by atoms with E-state index in [0.717, 1.165) is 6.42 Å². The normalized spacial score (nSPS) is 20.7. The van der Waals surface area contributed by atoms with E-state index in [1.54, 1.807) is 17.7 Å². The van der Waals surface area contributed by atoms with Gasteiger partial charge in [0.2, 0.25) is 17.7 Å². The molecule has 1 atom stereocenters. The fourth-order valence-corrected chi connectivity index (χ4v) is 2.62. The van der Waals surface area contributed by atoms with Crippen molar-refractivity contribution in [3.63, 3.8) is 0 Å². The number of fused-ring (bicyclic) bond motifs is 1. The van der Waals surface area contributed by atoms with E-state index in [1.165, 1.54) is 4.90 Å². The van der Waals surface area contributed by atoms with Crippen LogP contribution in [0, 0.1) is 0 Å². The van der Waals surface area contributed by atoms with E-state index in [-0.39, 0.29) is 23.9 Å². The van der Waals surface area contributed by atoms with Crippen LogP contribution in [0.5, 0.6) is 5.88 Å². The molecule has 3 amide bonds. The van der Waals surface area contributed by atoms with Gasteiger partial charge in [0.25, 0.3) is 5.91 Å². The zero-order chi connectivity index (χ0) is 15.0. The molecule has 8 heteroatoms. The molecule has 2 aliphatic rings. The Morgan fingerprint density at radius 1 is 1.57 bits per heavy atom. The minimum absolute atomic E-state index is 0.00246. The minimum atomic E-state index is -0.755. The van der Waals surface area contributed by atoms with E-state index in [1.807, 2.05) is 0 Å². The first-order valence-corrected chi connectivity index (χ1v) is 6.95. The van der Waals surface area contributed by atoms with Gasteiger partial charge in [0.1, 0.15) is 6.04 Å². The largest absolute Gasteiger partial charge is 0.478 e. The van der Waals surface area contributed by atoms with Crippen molar-refractivity contribution in [1.82, 2.24) is 20.0 Å². The standard InChI is InChI=1S/C13H16N4O4/c1-2-16(9-7-10(18)14-12(9)19)13(20)8-6-11-17(15-8)4-3-5-21-11/h6,9H,2-5,7H2,1H3,(H,14,18,19). The molecule has 0 bridgehead atoms. The van der Waals surface area contributed by atoms with E-state index in [9.17, 15) is 14.4 Å². The lowest BCUT2D eigenvalue weighted by atomic mass is 10.2. The van der Waals surface area contributed by atoms with Gasteiger partial charge in [0, 0.05) is 25.6 Å². The summed E-state index contributed by atoms with van der Waals surface area (Å²) < 4.78 is 7.07. The number of aromatic nitrogens is 2. The van der Waals surface area contributed by atoms with Crippen LogP contribution in [0.15, 0.2) is 6.07 Å². The third kappa shape index (κ3) is 2.37. The maximum Gasteiger partial charge on any atom is 0.275 e. The van der Waals surface area contributed by atoms with E-state index < -0.39 is 11.9 Å². The van der Waals surface area contributed by atoms with E-state index in [2.05, 4.69) is 10.4 Å². The van der Waals surface area contributed by atoms with Gasteiger partial charge in [-0.15, -0.1) is 0 Å². The van der Waals surface area contributed by atoms with Gasteiger partial charge in [-0.1, -0.05) is 0 Å². The van der Waals surface area contributed by atoms with E-state index >= 15 is 0 Å². The molecule has 21 heavy (non-hydrogen) atoms. The van der Waals surface area contributed by atoms with Crippen molar-refractivity contribution in [3.05, 3.63) is 11.8 Å². The maximum atomic E-state index is 12.5. The van der Waals surface area contributed by atoms with Crippen LogP contribution in [-0.2, 0) is 16.1 Å². The molecule has 1 aromatic heterocycles. The molecule has 0 radical (unpaired) electrons. The van der Waals surface area contributed by atoms with Crippen molar-refractivity contribution in [1.29, 1.82) is 0 Å². The summed E-state index contributed by atoms with van der Waals surface area (Å²) in [7, 11) is 0. The number of carbonyl (C=O) groups is 3. The summed E-state index contributed by atoms with van der Waals surface area (Å²) >= 11 is 0. The molecule has 112 valence electrons. The lowest BCUT2D eigenvalue weighted by molar-refractivity contribution is -0.126. The predicted molar refractivity (Wildman–Crippen MR) is 70.6 cm³/mol. The fourth-order valence-electron chi connectivity index (χ4n) is 2.62. The molecule has 0 spiro atoms. The van der Waals surface area contributed by atoms with Gasteiger partial charge < -0.3 is 9.64 Å². The molecule has 0 saturated carbocycles. The number of nitrogens with zero attached hydrogens (tertiary/aromatic N) is 3. The molecule has 1 N–H and O–H groups in total. The van der Waals surface area contributed by atoms with Crippen LogP contribution < -0.4 is 10.1 Å². The number of ether oxygens (including phenoxy) is 1. The van der Waals surface area contributed by atoms with Gasteiger partial charge in [0.15, 0.2) is 5.69 Å². The van der Waals surface area contributed by atoms with Crippen molar-refractivity contribution < 1.29 is 19.1 Å². The zero-order valence-corrected chi connectivity index (χ0v) is 11.7. The first-order chi connectivity index (χ1) is 10.1. The summed E-state index contributed by atoms with van der Waals surface area (Å²) in [6.45, 7) is 3.40. The van der Waals surface area contributed by atoms with Crippen LogP contribution in [0.3, 0.4) is 0 Å². The highest BCUT2D eigenvalue weighted by atomic mass is 16.5. The highest BCUT2D eigenvalue weighted by Crippen LogP contribution is 2.21. The SMILES string of the molecule is CCN(C(=O)c1cc2n(n1)CCCO2)C1CC(=O)NC1=O. The van der Waals surface area contributed by atoms with Crippen molar-refractivity contribution in [2.75, 3.05) is 13.2 Å². The Morgan fingerprint density at radius 3 is 3.00 bits per heavy atom. The second-order valence-corrected chi connectivity index (χ2v) is 5.02. The molecule has 1 aromatic rings. The number of likely N-dealkylation sites (N-methyl/N-ethyl adjacent to an activating group) is 1. The fraction of sp³-hybridized carbons (Fsp3) is 0.538. The molecular weight excluding hydrogens is 276 g/mol. The van der Waals surface area contributed by atoms with Gasteiger partial charge in [-0.2, -0.15) is 5.10 Å². The first kappa shape index (κ1) is 13.6. The quantitative estimate of drug-likeness (QED) is 0.761. The molecule has 1 fully saturated rings. The van der Waals surface area contributed by atoms with Gasteiger partial charge in [-0.3, -0.25) is 19.7 Å². The predicted octanol–water partition coefficient (Wildman–Crippen LogP) is -0.457. The molecule has 1 saturated heterocycles. The molecular formula is C13H16N4O4. The molecule has 3 rings (SSSR count). The number of amides is 3. The van der Waals surface area contributed by atoms with Crippen LogP contribution >= 0.6 is 0 Å². The Labute approximate surface area is 121 Å². The number of imide groups is 1. The number of carbonyl (C=O) groups excluding carboxylic acids is 3. The second kappa shape index (κ2) is 5.19. The summed E-state index contributed by atoms with van der Waals surface area (Å²) in [4.78, 5) is 36.9. The Morgan fingerprint density at radius 2 is 2.38 bits per heavy atom. The summed E-state index contributed by atoms with van der Waals surface area (Å²) in [6, 6.07) is 0.827. The second-order valence-electron chi connectivity index (χ2n) is 5.02. The van der Waals surface area contributed by atoms with E-state index in [0.29, 0.717) is 25.6 Å². The smallest absolute Gasteiger partial charge is 0.275 e. The molecule has 3 heterocycles. The lowest BCUT2D eigenvalue weighted by Gasteiger charge is -2.24. The van der Waals surface area contributed by atoms with Gasteiger partial charge in [0.05, 0.1) is 13.0 Å². The number of nitrogens with one attached hydrogen (secondary N) is 1. The topological polar surface area (TPSA) is 93.5 Å². The third-order valence-electron chi connectivity index (χ3n) is 3.65.